The molecule has 0 aliphatic carbocycles. The monoisotopic (exact) mass is 361 g/mol. The van der Waals surface area contributed by atoms with Gasteiger partial charge in [0.15, 0.2) is 0 Å². The molecule has 0 saturated carbocycles. The first-order valence-corrected chi connectivity index (χ1v) is 10.2. The lowest BCUT2D eigenvalue weighted by Crippen LogP contribution is -2.41. The van der Waals surface area contributed by atoms with Gasteiger partial charge < -0.3 is 10.1 Å². The van der Waals surface area contributed by atoms with E-state index in [1.807, 2.05) is 6.92 Å². The van der Waals surface area contributed by atoms with Gasteiger partial charge in [-0.25, -0.2) is 18.4 Å². The number of aryl methyl sites for hydroxylation is 1. The summed E-state index contributed by atoms with van der Waals surface area (Å²) in [6.07, 6.45) is 3.43. The first-order valence-electron chi connectivity index (χ1n) is 7.77. The molecule has 8 heteroatoms. The van der Waals surface area contributed by atoms with E-state index < -0.39 is 9.84 Å². The van der Waals surface area contributed by atoms with Crippen molar-refractivity contribution in [1.29, 1.82) is 0 Å². The summed E-state index contributed by atoms with van der Waals surface area (Å²) in [6.45, 7) is 5.48. The maximum atomic E-state index is 11.8. The average Bonchev–Trinajstić information content (AvgIpc) is 2.44. The van der Waals surface area contributed by atoms with Crippen molar-refractivity contribution in [2.45, 2.75) is 33.1 Å². The molecule has 2 heterocycles. The molecule has 0 bridgehead atoms. The van der Waals surface area contributed by atoms with Crippen LogP contribution in [0.1, 0.15) is 31.2 Å². The summed E-state index contributed by atoms with van der Waals surface area (Å²) in [7, 11) is -3.07. The highest BCUT2D eigenvalue weighted by atomic mass is 35.5. The number of sulfone groups is 1. The van der Waals surface area contributed by atoms with Gasteiger partial charge >= 0.3 is 0 Å². The van der Waals surface area contributed by atoms with Gasteiger partial charge in [-0.2, -0.15) is 0 Å². The summed E-state index contributed by atoms with van der Waals surface area (Å²) in [4.78, 5) is 8.60. The number of hydrogen-bond acceptors (Lipinski definition) is 6. The lowest BCUT2D eigenvalue weighted by molar-refractivity contribution is 0.0315. The molecule has 0 unspecified atom stereocenters. The van der Waals surface area contributed by atoms with Crippen LogP contribution in [0.3, 0.4) is 0 Å². The molecule has 1 aromatic heterocycles. The van der Waals surface area contributed by atoms with Gasteiger partial charge in [0.25, 0.3) is 0 Å². The SMILES string of the molecule is CCc1c(Cl)nc(C)nc1NCC1(CS(C)(=O)=O)CCOCC1. The van der Waals surface area contributed by atoms with Crippen LogP contribution in [0.4, 0.5) is 5.82 Å². The zero-order valence-electron chi connectivity index (χ0n) is 13.9. The minimum absolute atomic E-state index is 0.148. The van der Waals surface area contributed by atoms with E-state index in [1.54, 1.807) is 6.92 Å². The Hall–Kier alpha value is -0.920. The Labute approximate surface area is 142 Å². The van der Waals surface area contributed by atoms with Gasteiger partial charge in [0.05, 0.1) is 5.75 Å². The average molecular weight is 362 g/mol. The van der Waals surface area contributed by atoms with Crippen LogP contribution in [-0.2, 0) is 21.0 Å². The quantitative estimate of drug-likeness (QED) is 0.783. The fourth-order valence-electron chi connectivity index (χ4n) is 3.03. The molecule has 1 aliphatic heterocycles. The highest BCUT2D eigenvalue weighted by Gasteiger charge is 2.36. The third-order valence-electron chi connectivity index (χ3n) is 4.17. The van der Waals surface area contributed by atoms with E-state index in [0.29, 0.717) is 55.8 Å². The minimum atomic E-state index is -3.07. The lowest BCUT2D eigenvalue weighted by Gasteiger charge is -2.37. The molecule has 1 aliphatic rings. The molecule has 1 N–H and O–H groups in total. The van der Waals surface area contributed by atoms with E-state index >= 15 is 0 Å². The van der Waals surface area contributed by atoms with Crippen LogP contribution in [-0.4, -0.2) is 50.2 Å². The van der Waals surface area contributed by atoms with E-state index in [1.165, 1.54) is 6.26 Å². The molecule has 0 radical (unpaired) electrons. The van der Waals surface area contributed by atoms with Crippen LogP contribution in [0.15, 0.2) is 0 Å². The van der Waals surface area contributed by atoms with Crippen molar-refractivity contribution in [3.63, 3.8) is 0 Å². The number of halogens is 1. The molecule has 0 spiro atoms. The Bertz CT molecular complexity index is 658. The number of ether oxygens (including phenoxy) is 1. The smallest absolute Gasteiger partial charge is 0.148 e. The van der Waals surface area contributed by atoms with Crippen LogP contribution in [0.2, 0.25) is 5.15 Å². The largest absolute Gasteiger partial charge is 0.381 e. The van der Waals surface area contributed by atoms with E-state index in [9.17, 15) is 8.42 Å². The molecular weight excluding hydrogens is 338 g/mol. The Morgan fingerprint density at radius 2 is 1.96 bits per heavy atom. The zero-order chi connectivity index (χ0) is 17.1. The number of nitrogens with one attached hydrogen (secondary N) is 1. The Morgan fingerprint density at radius 3 is 2.52 bits per heavy atom. The maximum Gasteiger partial charge on any atom is 0.148 e. The van der Waals surface area contributed by atoms with Gasteiger partial charge in [-0.1, -0.05) is 18.5 Å². The summed E-state index contributed by atoms with van der Waals surface area (Å²) in [6, 6.07) is 0. The summed E-state index contributed by atoms with van der Waals surface area (Å²) < 4.78 is 29.1. The number of rotatable bonds is 6. The van der Waals surface area contributed by atoms with E-state index in [2.05, 4.69) is 15.3 Å². The predicted molar refractivity (Wildman–Crippen MR) is 91.8 cm³/mol. The van der Waals surface area contributed by atoms with Gasteiger partial charge in [-0.05, 0) is 26.2 Å². The summed E-state index contributed by atoms with van der Waals surface area (Å²) in [5.74, 6) is 1.44. The van der Waals surface area contributed by atoms with E-state index in [-0.39, 0.29) is 11.2 Å². The maximum absolute atomic E-state index is 11.8. The highest BCUT2D eigenvalue weighted by molar-refractivity contribution is 7.90. The van der Waals surface area contributed by atoms with Crippen molar-refractivity contribution in [3.05, 3.63) is 16.5 Å². The van der Waals surface area contributed by atoms with Crippen LogP contribution < -0.4 is 5.32 Å². The Kier molecular flexibility index (Phi) is 5.86. The molecular formula is C15H24ClN3O3S. The molecule has 0 atom stereocenters. The van der Waals surface area contributed by atoms with Crippen LogP contribution in [0, 0.1) is 12.3 Å². The van der Waals surface area contributed by atoms with Gasteiger partial charge in [0.1, 0.15) is 26.6 Å². The van der Waals surface area contributed by atoms with Crippen molar-refractivity contribution in [1.82, 2.24) is 9.97 Å². The van der Waals surface area contributed by atoms with Crippen molar-refractivity contribution in [2.24, 2.45) is 5.41 Å². The van der Waals surface area contributed by atoms with Crippen molar-refractivity contribution >= 4 is 27.3 Å². The minimum Gasteiger partial charge on any atom is -0.381 e. The van der Waals surface area contributed by atoms with Crippen molar-refractivity contribution in [3.8, 4) is 0 Å². The number of hydrogen-bond donors (Lipinski definition) is 1. The van der Waals surface area contributed by atoms with Crippen LogP contribution in [0.25, 0.3) is 0 Å². The van der Waals surface area contributed by atoms with Gasteiger partial charge in [0.2, 0.25) is 0 Å². The Balaban J connectivity index is 2.22. The second kappa shape index (κ2) is 7.32. The third kappa shape index (κ3) is 5.02. The first-order chi connectivity index (χ1) is 10.7. The molecule has 1 aromatic rings. The fourth-order valence-corrected chi connectivity index (χ4v) is 4.87. The van der Waals surface area contributed by atoms with Gasteiger partial charge in [-0.3, -0.25) is 0 Å². The standard InChI is InChI=1S/C15H24ClN3O3S/c1-4-12-13(16)18-11(2)19-14(12)17-9-15(10-23(3,20)21)5-7-22-8-6-15/h4-10H2,1-3H3,(H,17,18,19). The van der Waals surface area contributed by atoms with Crippen LogP contribution >= 0.6 is 11.6 Å². The molecule has 2 rings (SSSR count). The highest BCUT2D eigenvalue weighted by Crippen LogP contribution is 2.33. The number of anilines is 1. The number of aromatic nitrogens is 2. The normalized spacial score (nSPS) is 17.9. The summed E-state index contributed by atoms with van der Waals surface area (Å²) >= 11 is 6.19. The topological polar surface area (TPSA) is 81.2 Å². The number of nitrogens with zero attached hydrogens (tertiary/aromatic N) is 2. The molecule has 1 saturated heterocycles. The fraction of sp³-hybridized carbons (Fsp3) is 0.733. The lowest BCUT2D eigenvalue weighted by atomic mass is 9.82. The van der Waals surface area contributed by atoms with Crippen molar-refractivity contribution in [2.75, 3.05) is 37.1 Å². The van der Waals surface area contributed by atoms with Gasteiger partial charge in [0, 0.05) is 37.0 Å². The Morgan fingerprint density at radius 1 is 1.30 bits per heavy atom. The van der Waals surface area contributed by atoms with Gasteiger partial charge in [-0.15, -0.1) is 0 Å². The molecule has 130 valence electrons. The predicted octanol–water partition coefficient (Wildman–Crippen LogP) is 2.25. The van der Waals surface area contributed by atoms with E-state index in [0.717, 1.165) is 5.56 Å². The molecule has 0 aromatic carbocycles. The molecule has 6 nitrogen and oxygen atoms in total. The second-order valence-corrected chi connectivity index (χ2v) is 8.78. The zero-order valence-corrected chi connectivity index (χ0v) is 15.4. The second-order valence-electron chi connectivity index (χ2n) is 6.28. The van der Waals surface area contributed by atoms with E-state index in [4.69, 9.17) is 16.3 Å². The molecule has 23 heavy (non-hydrogen) atoms. The van der Waals surface area contributed by atoms with Crippen LogP contribution in [0.5, 0.6) is 0 Å². The first kappa shape index (κ1) is 18.4. The molecule has 1 fully saturated rings. The third-order valence-corrected chi connectivity index (χ3v) is 5.62. The summed E-state index contributed by atoms with van der Waals surface area (Å²) in [5, 5.41) is 3.77. The summed E-state index contributed by atoms with van der Waals surface area (Å²) in [5.41, 5.74) is 0.529. The van der Waals surface area contributed by atoms with Crippen molar-refractivity contribution < 1.29 is 13.2 Å². The molecule has 0 amide bonds.